The van der Waals surface area contributed by atoms with E-state index >= 15 is 0 Å². The summed E-state index contributed by atoms with van der Waals surface area (Å²) in [6.07, 6.45) is 4.87. The number of likely N-dealkylation sites (N-methyl/N-ethyl adjacent to an activating group) is 1. The van der Waals surface area contributed by atoms with Gasteiger partial charge in [-0.25, -0.2) is 8.78 Å². The maximum absolute atomic E-state index is 13.6. The zero-order valence-electron chi connectivity index (χ0n) is 13.3. The number of rotatable bonds is 5. The van der Waals surface area contributed by atoms with E-state index in [2.05, 4.69) is 31.2 Å². The first-order chi connectivity index (χ1) is 9.93. The lowest BCUT2D eigenvalue weighted by Gasteiger charge is -2.45. The van der Waals surface area contributed by atoms with Gasteiger partial charge < -0.3 is 10.2 Å². The highest BCUT2D eigenvalue weighted by Gasteiger charge is 2.36. The lowest BCUT2D eigenvalue weighted by atomic mass is 9.75. The fourth-order valence-electron chi connectivity index (χ4n) is 3.45. The molecule has 0 spiro atoms. The second kappa shape index (κ2) is 6.84. The van der Waals surface area contributed by atoms with E-state index in [-0.39, 0.29) is 5.54 Å². The van der Waals surface area contributed by atoms with Crippen LogP contribution in [-0.2, 0) is 6.54 Å². The Hall–Kier alpha value is -1.00. The Morgan fingerprint density at radius 2 is 2.10 bits per heavy atom. The molecule has 1 saturated carbocycles. The Morgan fingerprint density at radius 3 is 2.71 bits per heavy atom. The van der Waals surface area contributed by atoms with Crippen LogP contribution in [0.4, 0.5) is 8.78 Å². The molecule has 1 N–H and O–H groups in total. The molecule has 1 aromatic rings. The summed E-state index contributed by atoms with van der Waals surface area (Å²) < 4.78 is 26.5. The van der Waals surface area contributed by atoms with Crippen molar-refractivity contribution in [3.63, 3.8) is 0 Å². The SMILES string of the molecule is CC1CCCC(CNCc2ccc(F)cc2F)(N(C)C)C1. The summed E-state index contributed by atoms with van der Waals surface area (Å²) in [6.45, 7) is 3.58. The molecule has 1 aliphatic rings. The molecule has 2 rings (SSSR count). The standard InChI is InChI=1S/C17H26F2N2/c1-13-5-4-8-17(10-13,21(2)3)12-20-11-14-6-7-15(18)9-16(14)19/h6-7,9,13,20H,4-5,8,10-12H2,1-3H3. The average molecular weight is 296 g/mol. The third-order valence-electron chi connectivity index (χ3n) is 4.80. The zero-order valence-corrected chi connectivity index (χ0v) is 13.3. The monoisotopic (exact) mass is 296 g/mol. The summed E-state index contributed by atoms with van der Waals surface area (Å²) in [4.78, 5) is 2.30. The molecule has 0 aromatic heterocycles. The van der Waals surface area contributed by atoms with E-state index in [1.807, 2.05) is 0 Å². The molecule has 1 fully saturated rings. The van der Waals surface area contributed by atoms with Crippen LogP contribution in [0.1, 0.15) is 38.2 Å². The molecule has 0 bridgehead atoms. The van der Waals surface area contributed by atoms with Crippen molar-refractivity contribution in [1.29, 1.82) is 0 Å². The number of halogens is 2. The molecule has 0 saturated heterocycles. The summed E-state index contributed by atoms with van der Waals surface area (Å²) in [5.41, 5.74) is 0.669. The molecule has 2 atom stereocenters. The predicted molar refractivity (Wildman–Crippen MR) is 82.1 cm³/mol. The van der Waals surface area contributed by atoms with Gasteiger partial charge in [-0.2, -0.15) is 0 Å². The summed E-state index contributed by atoms with van der Waals surface area (Å²) in [7, 11) is 4.25. The fraction of sp³-hybridized carbons (Fsp3) is 0.647. The highest BCUT2D eigenvalue weighted by atomic mass is 19.1. The van der Waals surface area contributed by atoms with Gasteiger partial charge in [0.25, 0.3) is 0 Å². The third kappa shape index (κ3) is 4.01. The number of nitrogens with one attached hydrogen (secondary N) is 1. The van der Waals surface area contributed by atoms with Crippen molar-refractivity contribution >= 4 is 0 Å². The van der Waals surface area contributed by atoms with Gasteiger partial charge in [-0.15, -0.1) is 0 Å². The first-order valence-corrected chi connectivity index (χ1v) is 7.75. The largest absolute Gasteiger partial charge is 0.311 e. The van der Waals surface area contributed by atoms with E-state index in [9.17, 15) is 8.78 Å². The Kier molecular flexibility index (Phi) is 5.33. The van der Waals surface area contributed by atoms with Crippen molar-refractivity contribution < 1.29 is 8.78 Å². The summed E-state index contributed by atoms with van der Waals surface area (Å²) >= 11 is 0. The van der Waals surface area contributed by atoms with Crippen LogP contribution in [0.15, 0.2) is 18.2 Å². The lowest BCUT2D eigenvalue weighted by Crippen LogP contribution is -2.54. The minimum absolute atomic E-state index is 0.147. The quantitative estimate of drug-likeness (QED) is 0.893. The van der Waals surface area contributed by atoms with Crippen LogP contribution < -0.4 is 5.32 Å². The predicted octanol–water partition coefficient (Wildman–Crippen LogP) is 3.56. The molecule has 118 valence electrons. The van der Waals surface area contributed by atoms with Gasteiger partial charge in [0.1, 0.15) is 11.6 Å². The van der Waals surface area contributed by atoms with Crippen molar-refractivity contribution in [2.45, 2.75) is 44.7 Å². The number of nitrogens with zero attached hydrogens (tertiary/aromatic N) is 1. The molecule has 2 nitrogen and oxygen atoms in total. The van der Waals surface area contributed by atoms with Crippen LogP contribution in [0.3, 0.4) is 0 Å². The molecule has 0 radical (unpaired) electrons. The molecule has 4 heteroatoms. The number of benzene rings is 1. The molecule has 21 heavy (non-hydrogen) atoms. The van der Waals surface area contributed by atoms with Crippen LogP contribution in [0, 0.1) is 17.6 Å². The van der Waals surface area contributed by atoms with Crippen LogP contribution in [0.2, 0.25) is 0 Å². The highest BCUT2D eigenvalue weighted by Crippen LogP contribution is 2.35. The van der Waals surface area contributed by atoms with Crippen molar-refractivity contribution in [3.8, 4) is 0 Å². The Morgan fingerprint density at radius 1 is 1.33 bits per heavy atom. The second-order valence-corrected chi connectivity index (χ2v) is 6.66. The zero-order chi connectivity index (χ0) is 15.5. The second-order valence-electron chi connectivity index (χ2n) is 6.66. The first-order valence-electron chi connectivity index (χ1n) is 7.75. The highest BCUT2D eigenvalue weighted by molar-refractivity contribution is 5.18. The summed E-state index contributed by atoms with van der Waals surface area (Å²) in [5.74, 6) is -0.272. The Bertz CT molecular complexity index is 476. The van der Waals surface area contributed by atoms with Crippen LogP contribution in [0.25, 0.3) is 0 Å². The van der Waals surface area contributed by atoms with E-state index in [0.29, 0.717) is 12.1 Å². The van der Waals surface area contributed by atoms with Gasteiger partial charge in [0, 0.05) is 30.3 Å². The van der Waals surface area contributed by atoms with E-state index in [1.165, 1.54) is 37.8 Å². The van der Waals surface area contributed by atoms with E-state index in [1.54, 1.807) is 0 Å². The minimum Gasteiger partial charge on any atom is -0.311 e. The first kappa shape index (κ1) is 16.4. The van der Waals surface area contributed by atoms with Gasteiger partial charge >= 0.3 is 0 Å². The van der Waals surface area contributed by atoms with Crippen molar-refractivity contribution in [2.24, 2.45) is 5.92 Å². The molecule has 0 amide bonds. The van der Waals surface area contributed by atoms with E-state index < -0.39 is 11.6 Å². The van der Waals surface area contributed by atoms with Gasteiger partial charge in [0.2, 0.25) is 0 Å². The summed E-state index contributed by atoms with van der Waals surface area (Å²) in [6, 6.07) is 3.77. The number of hydrogen-bond donors (Lipinski definition) is 1. The molecule has 1 aromatic carbocycles. The van der Waals surface area contributed by atoms with Crippen LogP contribution >= 0.6 is 0 Å². The smallest absolute Gasteiger partial charge is 0.130 e. The van der Waals surface area contributed by atoms with Gasteiger partial charge in [-0.05, 0) is 38.9 Å². The van der Waals surface area contributed by atoms with Crippen molar-refractivity contribution in [2.75, 3.05) is 20.6 Å². The van der Waals surface area contributed by atoms with Gasteiger partial charge in [-0.3, -0.25) is 0 Å². The Labute approximate surface area is 126 Å². The molecule has 1 aliphatic carbocycles. The molecular formula is C17H26F2N2. The lowest BCUT2D eigenvalue weighted by molar-refractivity contribution is 0.0749. The van der Waals surface area contributed by atoms with Crippen LogP contribution in [-0.4, -0.2) is 31.1 Å². The topological polar surface area (TPSA) is 15.3 Å². The van der Waals surface area contributed by atoms with Gasteiger partial charge in [0.05, 0.1) is 0 Å². The summed E-state index contributed by atoms with van der Waals surface area (Å²) in [5, 5.41) is 3.37. The molecule has 0 aliphatic heterocycles. The van der Waals surface area contributed by atoms with Crippen molar-refractivity contribution in [3.05, 3.63) is 35.4 Å². The molecule has 0 heterocycles. The fourth-order valence-corrected chi connectivity index (χ4v) is 3.45. The van der Waals surface area contributed by atoms with Gasteiger partial charge in [-0.1, -0.05) is 25.8 Å². The maximum atomic E-state index is 13.6. The van der Waals surface area contributed by atoms with Gasteiger partial charge in [0.15, 0.2) is 0 Å². The van der Waals surface area contributed by atoms with E-state index in [0.717, 1.165) is 18.5 Å². The molecular weight excluding hydrogens is 270 g/mol. The normalized spacial score (nSPS) is 26.3. The molecule has 2 unspecified atom stereocenters. The van der Waals surface area contributed by atoms with Crippen molar-refractivity contribution in [1.82, 2.24) is 10.2 Å². The maximum Gasteiger partial charge on any atom is 0.130 e. The van der Waals surface area contributed by atoms with E-state index in [4.69, 9.17) is 0 Å². The average Bonchev–Trinajstić information content (AvgIpc) is 2.41. The number of hydrogen-bond acceptors (Lipinski definition) is 2. The minimum atomic E-state index is -0.526. The third-order valence-corrected chi connectivity index (χ3v) is 4.80. The Balaban J connectivity index is 1.96. The van der Waals surface area contributed by atoms with Crippen LogP contribution in [0.5, 0.6) is 0 Å².